The third-order valence-electron chi connectivity index (χ3n) is 4.52. The molecule has 1 aromatic rings. The molecule has 1 aliphatic heterocycles. The first kappa shape index (κ1) is 17.8. The molecule has 128 valence electrons. The van der Waals surface area contributed by atoms with Gasteiger partial charge in [-0.15, -0.1) is 0 Å². The predicted octanol–water partition coefficient (Wildman–Crippen LogP) is 1.43. The maximum atomic E-state index is 12.0. The molecule has 5 nitrogen and oxygen atoms in total. The summed E-state index contributed by atoms with van der Waals surface area (Å²) >= 11 is 0. The van der Waals surface area contributed by atoms with Gasteiger partial charge in [-0.3, -0.25) is 9.69 Å². The molecule has 1 N–H and O–H groups in total. The van der Waals surface area contributed by atoms with Gasteiger partial charge in [0.05, 0.1) is 13.1 Å². The summed E-state index contributed by atoms with van der Waals surface area (Å²) in [5.41, 5.74) is 2.48. The van der Waals surface area contributed by atoms with E-state index in [1.807, 2.05) is 12.1 Å². The second-order valence-corrected chi connectivity index (χ2v) is 6.59. The van der Waals surface area contributed by atoms with Crippen LogP contribution >= 0.6 is 0 Å². The largest absolute Gasteiger partial charge is 0.492 e. The van der Waals surface area contributed by atoms with Crippen LogP contribution in [-0.2, 0) is 4.79 Å². The van der Waals surface area contributed by atoms with Crippen molar-refractivity contribution in [3.8, 4) is 5.75 Å². The molecule has 5 heteroatoms. The second kappa shape index (κ2) is 8.31. The van der Waals surface area contributed by atoms with E-state index in [-0.39, 0.29) is 5.91 Å². The van der Waals surface area contributed by atoms with Crippen LogP contribution in [0.3, 0.4) is 0 Å². The Morgan fingerprint density at radius 2 is 2.13 bits per heavy atom. The highest BCUT2D eigenvalue weighted by atomic mass is 16.5. The molecule has 0 radical (unpaired) electrons. The van der Waals surface area contributed by atoms with Crippen LogP contribution < -0.4 is 10.1 Å². The van der Waals surface area contributed by atoms with Crippen LogP contribution in [-0.4, -0.2) is 68.6 Å². The summed E-state index contributed by atoms with van der Waals surface area (Å²) in [6.45, 7) is 7.63. The standard InChI is InChI=1S/C18H29N3O2/c1-14-5-6-17(11-15(14)2)23-10-8-19-18(22)13-21-9-7-16(12-21)20(3)4/h5-6,11,16H,7-10,12-13H2,1-4H3,(H,19,22)/t16-/m0/s1. The number of rotatable bonds is 7. The molecule has 0 bridgehead atoms. The maximum Gasteiger partial charge on any atom is 0.234 e. The minimum absolute atomic E-state index is 0.0769. The minimum Gasteiger partial charge on any atom is -0.492 e. The molecule has 2 rings (SSSR count). The zero-order valence-corrected chi connectivity index (χ0v) is 14.8. The Labute approximate surface area is 139 Å². The summed E-state index contributed by atoms with van der Waals surface area (Å²) in [5.74, 6) is 0.934. The highest BCUT2D eigenvalue weighted by molar-refractivity contribution is 5.78. The zero-order chi connectivity index (χ0) is 16.8. The van der Waals surface area contributed by atoms with E-state index < -0.39 is 0 Å². The monoisotopic (exact) mass is 319 g/mol. The molecule has 0 saturated carbocycles. The molecular weight excluding hydrogens is 290 g/mol. The van der Waals surface area contributed by atoms with Crippen LogP contribution in [0.4, 0.5) is 0 Å². The van der Waals surface area contributed by atoms with Gasteiger partial charge in [0.1, 0.15) is 12.4 Å². The number of hydrogen-bond donors (Lipinski definition) is 1. The molecule has 1 aliphatic rings. The summed E-state index contributed by atoms with van der Waals surface area (Å²) in [7, 11) is 4.19. The molecule has 0 spiro atoms. The zero-order valence-electron chi connectivity index (χ0n) is 14.8. The average Bonchev–Trinajstić information content (AvgIpc) is 2.96. The lowest BCUT2D eigenvalue weighted by atomic mass is 10.1. The van der Waals surface area contributed by atoms with Crippen molar-refractivity contribution in [3.63, 3.8) is 0 Å². The average molecular weight is 319 g/mol. The normalized spacial score (nSPS) is 18.4. The summed E-state index contributed by atoms with van der Waals surface area (Å²) in [5, 5.41) is 2.93. The number of ether oxygens (including phenoxy) is 1. The number of aryl methyl sites for hydroxylation is 2. The molecule has 23 heavy (non-hydrogen) atoms. The lowest BCUT2D eigenvalue weighted by Gasteiger charge is -2.20. The fourth-order valence-corrected chi connectivity index (χ4v) is 2.80. The molecule has 0 unspecified atom stereocenters. The van der Waals surface area contributed by atoms with Crippen LogP contribution in [0, 0.1) is 13.8 Å². The van der Waals surface area contributed by atoms with Gasteiger partial charge in [0.25, 0.3) is 0 Å². The fraction of sp³-hybridized carbons (Fsp3) is 0.611. The quantitative estimate of drug-likeness (QED) is 0.773. The number of carbonyl (C=O) groups is 1. The van der Waals surface area contributed by atoms with E-state index in [0.29, 0.717) is 25.7 Å². The van der Waals surface area contributed by atoms with Crippen LogP contribution in [0.25, 0.3) is 0 Å². The molecule has 1 fully saturated rings. The lowest BCUT2D eigenvalue weighted by molar-refractivity contribution is -0.122. The highest BCUT2D eigenvalue weighted by Crippen LogP contribution is 2.16. The number of amides is 1. The topological polar surface area (TPSA) is 44.8 Å². The van der Waals surface area contributed by atoms with Crippen molar-refractivity contribution in [1.29, 1.82) is 0 Å². The molecule has 1 amide bonds. The number of likely N-dealkylation sites (N-methyl/N-ethyl adjacent to an activating group) is 1. The summed E-state index contributed by atoms with van der Waals surface area (Å²) < 4.78 is 5.68. The van der Waals surface area contributed by atoms with Crippen molar-refractivity contribution < 1.29 is 9.53 Å². The summed E-state index contributed by atoms with van der Waals surface area (Å²) in [6.07, 6.45) is 1.14. The van der Waals surface area contributed by atoms with Crippen LogP contribution in [0.15, 0.2) is 18.2 Å². The molecule has 1 atom stereocenters. The summed E-state index contributed by atoms with van der Waals surface area (Å²) in [6, 6.07) is 6.62. The number of carbonyl (C=O) groups excluding carboxylic acids is 1. The highest BCUT2D eigenvalue weighted by Gasteiger charge is 2.24. The van der Waals surface area contributed by atoms with E-state index in [2.05, 4.69) is 49.1 Å². The number of likely N-dealkylation sites (tertiary alicyclic amines) is 1. The fourth-order valence-electron chi connectivity index (χ4n) is 2.80. The minimum atomic E-state index is 0.0769. The lowest BCUT2D eigenvalue weighted by Crippen LogP contribution is -2.39. The molecule has 1 saturated heterocycles. The molecule has 0 aliphatic carbocycles. The van der Waals surface area contributed by atoms with E-state index >= 15 is 0 Å². The van der Waals surface area contributed by atoms with Crippen molar-refractivity contribution in [3.05, 3.63) is 29.3 Å². The van der Waals surface area contributed by atoms with E-state index in [1.165, 1.54) is 11.1 Å². The Balaban J connectivity index is 1.62. The van der Waals surface area contributed by atoms with Gasteiger partial charge < -0.3 is 15.0 Å². The smallest absolute Gasteiger partial charge is 0.234 e. The number of benzene rings is 1. The van der Waals surface area contributed by atoms with E-state index in [0.717, 1.165) is 25.3 Å². The molecule has 1 heterocycles. The first-order valence-electron chi connectivity index (χ1n) is 8.31. The summed E-state index contributed by atoms with van der Waals surface area (Å²) in [4.78, 5) is 16.4. The van der Waals surface area contributed by atoms with Crippen molar-refractivity contribution >= 4 is 5.91 Å². The third kappa shape index (κ3) is 5.52. The molecular formula is C18H29N3O2. The van der Waals surface area contributed by atoms with E-state index in [4.69, 9.17) is 4.74 Å². The van der Waals surface area contributed by atoms with Crippen molar-refractivity contribution in [2.24, 2.45) is 0 Å². The Hall–Kier alpha value is -1.59. The predicted molar refractivity (Wildman–Crippen MR) is 93.0 cm³/mol. The van der Waals surface area contributed by atoms with Gasteiger partial charge in [-0.1, -0.05) is 6.07 Å². The second-order valence-electron chi connectivity index (χ2n) is 6.59. The number of nitrogens with one attached hydrogen (secondary N) is 1. The van der Waals surface area contributed by atoms with Gasteiger partial charge in [0, 0.05) is 19.1 Å². The van der Waals surface area contributed by atoms with Crippen molar-refractivity contribution in [2.75, 3.05) is 46.9 Å². The van der Waals surface area contributed by atoms with E-state index in [1.54, 1.807) is 0 Å². The van der Waals surface area contributed by atoms with Gasteiger partial charge in [0.2, 0.25) is 5.91 Å². The van der Waals surface area contributed by atoms with Crippen LogP contribution in [0.1, 0.15) is 17.5 Å². The van der Waals surface area contributed by atoms with Gasteiger partial charge in [-0.25, -0.2) is 0 Å². The van der Waals surface area contributed by atoms with E-state index in [9.17, 15) is 4.79 Å². The van der Waals surface area contributed by atoms with Gasteiger partial charge in [0.15, 0.2) is 0 Å². The maximum absolute atomic E-state index is 12.0. The SMILES string of the molecule is Cc1ccc(OCCNC(=O)CN2CC[C@H](N(C)C)C2)cc1C. The Morgan fingerprint density at radius 1 is 1.35 bits per heavy atom. The van der Waals surface area contributed by atoms with Gasteiger partial charge in [-0.05, 0) is 57.6 Å². The van der Waals surface area contributed by atoms with Gasteiger partial charge in [-0.2, -0.15) is 0 Å². The first-order valence-corrected chi connectivity index (χ1v) is 8.31. The molecule has 1 aromatic carbocycles. The first-order chi connectivity index (χ1) is 11.0. The van der Waals surface area contributed by atoms with Crippen LogP contribution in [0.2, 0.25) is 0 Å². The Morgan fingerprint density at radius 3 is 2.78 bits per heavy atom. The van der Waals surface area contributed by atoms with Gasteiger partial charge >= 0.3 is 0 Å². The Kier molecular flexibility index (Phi) is 6.42. The van der Waals surface area contributed by atoms with Crippen LogP contribution in [0.5, 0.6) is 5.75 Å². The Bertz CT molecular complexity index is 531. The van der Waals surface area contributed by atoms with Crippen molar-refractivity contribution in [1.82, 2.24) is 15.1 Å². The number of hydrogen-bond acceptors (Lipinski definition) is 4. The number of nitrogens with zero attached hydrogens (tertiary/aromatic N) is 2. The molecule has 0 aromatic heterocycles. The third-order valence-corrected chi connectivity index (χ3v) is 4.52. The van der Waals surface area contributed by atoms with Crippen molar-refractivity contribution in [2.45, 2.75) is 26.3 Å².